The first-order valence-corrected chi connectivity index (χ1v) is 20.2. The lowest BCUT2D eigenvalue weighted by Crippen LogP contribution is -1.98. The van der Waals surface area contributed by atoms with Crippen molar-refractivity contribution >= 4 is 76.7 Å². The first kappa shape index (κ1) is 32.8. The largest absolute Gasteiger partial charge is 0.454 e. The first-order valence-electron chi connectivity index (χ1n) is 20.2. The molecule has 0 N–H and O–H groups in total. The minimum absolute atomic E-state index is 0.794. The lowest BCUT2D eigenvalue weighted by atomic mass is 10.0. The summed E-state index contributed by atoms with van der Waals surface area (Å²) in [7, 11) is 0. The van der Waals surface area contributed by atoms with Gasteiger partial charge in [-0.1, -0.05) is 103 Å². The summed E-state index contributed by atoms with van der Waals surface area (Å²) in [6.45, 7) is 0. The van der Waals surface area contributed by atoms with Crippen LogP contribution in [-0.2, 0) is 0 Å². The fourth-order valence-corrected chi connectivity index (χ4v) is 9.41. The molecule has 0 fully saturated rings. The number of pyridine rings is 1. The highest BCUT2D eigenvalue weighted by Gasteiger charge is 2.20. The number of furan rings is 1. The molecule has 6 heteroatoms. The molecule has 0 aliphatic rings. The van der Waals surface area contributed by atoms with Crippen molar-refractivity contribution in [2.45, 2.75) is 0 Å². The molecule has 0 aliphatic carbocycles. The molecule has 13 rings (SSSR count). The maximum Gasteiger partial charge on any atom is 0.153 e. The minimum Gasteiger partial charge on any atom is -0.454 e. The van der Waals surface area contributed by atoms with Crippen LogP contribution in [0.3, 0.4) is 0 Å². The molecule has 0 saturated carbocycles. The topological polar surface area (TPSA) is 53.7 Å². The first-order chi connectivity index (χ1) is 29.7. The Morgan fingerprint density at radius 3 is 1.83 bits per heavy atom. The van der Waals surface area contributed by atoms with Gasteiger partial charge in [0.15, 0.2) is 5.58 Å². The molecule has 0 atom stereocenters. The van der Waals surface area contributed by atoms with Crippen LogP contribution in [0.5, 0.6) is 0 Å². The Bertz CT molecular complexity index is 3830. The van der Waals surface area contributed by atoms with Gasteiger partial charge in [-0.2, -0.15) is 0 Å². The van der Waals surface area contributed by atoms with E-state index in [2.05, 4.69) is 195 Å². The van der Waals surface area contributed by atoms with Crippen molar-refractivity contribution in [3.05, 3.63) is 200 Å². The van der Waals surface area contributed by atoms with Gasteiger partial charge >= 0.3 is 0 Å². The van der Waals surface area contributed by atoms with Crippen molar-refractivity contribution in [1.82, 2.24) is 23.7 Å². The number of hydrogen-bond acceptors (Lipinski definition) is 3. The normalized spacial score (nSPS) is 12.0. The Balaban J connectivity index is 0.988. The van der Waals surface area contributed by atoms with Gasteiger partial charge < -0.3 is 13.6 Å². The van der Waals surface area contributed by atoms with Crippen molar-refractivity contribution in [2.75, 3.05) is 0 Å². The highest BCUT2D eigenvalue weighted by molar-refractivity contribution is 6.13. The van der Waals surface area contributed by atoms with Gasteiger partial charge in [0.25, 0.3) is 0 Å². The van der Waals surface area contributed by atoms with Gasteiger partial charge in [-0.3, -0.25) is 9.55 Å². The zero-order chi connectivity index (χ0) is 39.3. The van der Waals surface area contributed by atoms with E-state index in [9.17, 15) is 0 Å². The molecule has 5 heterocycles. The van der Waals surface area contributed by atoms with Crippen LogP contribution in [0.4, 0.5) is 0 Å². The second-order valence-electron chi connectivity index (χ2n) is 15.4. The van der Waals surface area contributed by atoms with Crippen molar-refractivity contribution in [2.24, 2.45) is 0 Å². The minimum atomic E-state index is 0.794. The lowest BCUT2D eigenvalue weighted by Gasteiger charge is -2.12. The molecule has 8 aromatic carbocycles. The number of para-hydroxylation sites is 3. The second kappa shape index (κ2) is 12.6. The van der Waals surface area contributed by atoms with E-state index in [0.29, 0.717) is 0 Å². The SMILES string of the molecule is c1ccc(-c2nc3ccc(-n4c5ccccc5c5cc(-c6ccc7c8ccccc8n(-c8ccc9oc%10cccnc%10c9c8)c7c6)ccc54)cc3n2-c2ccccc2)cc1. The summed E-state index contributed by atoms with van der Waals surface area (Å²) in [5, 5.41) is 5.85. The Morgan fingerprint density at radius 2 is 1.00 bits per heavy atom. The Kier molecular flexibility index (Phi) is 6.91. The molecule has 13 aromatic rings. The third kappa shape index (κ3) is 4.82. The summed E-state index contributed by atoms with van der Waals surface area (Å²) in [4.78, 5) is 9.85. The molecule has 5 aromatic heterocycles. The maximum absolute atomic E-state index is 6.15. The lowest BCUT2D eigenvalue weighted by molar-refractivity contribution is 0.668. The van der Waals surface area contributed by atoms with Crippen LogP contribution in [0.2, 0.25) is 0 Å². The maximum atomic E-state index is 6.15. The average Bonchev–Trinajstić information content (AvgIpc) is 4.06. The average molecular weight is 768 g/mol. The summed E-state index contributed by atoms with van der Waals surface area (Å²) >= 11 is 0. The fraction of sp³-hybridized carbons (Fsp3) is 0. The van der Waals surface area contributed by atoms with Crippen molar-refractivity contribution in [3.63, 3.8) is 0 Å². The van der Waals surface area contributed by atoms with E-state index in [1.54, 1.807) is 0 Å². The summed E-state index contributed by atoms with van der Waals surface area (Å²) in [6, 6.07) is 69.1. The van der Waals surface area contributed by atoms with E-state index >= 15 is 0 Å². The predicted octanol–water partition coefficient (Wildman–Crippen LogP) is 13.8. The monoisotopic (exact) mass is 767 g/mol. The summed E-state index contributed by atoms with van der Waals surface area (Å²) in [6.07, 6.45) is 1.83. The Labute approximate surface area is 343 Å². The van der Waals surface area contributed by atoms with Crippen molar-refractivity contribution in [1.29, 1.82) is 0 Å². The number of imidazole rings is 1. The van der Waals surface area contributed by atoms with Crippen LogP contribution >= 0.6 is 0 Å². The number of fused-ring (bicyclic) bond motifs is 10. The zero-order valence-corrected chi connectivity index (χ0v) is 32.2. The van der Waals surface area contributed by atoms with Crippen LogP contribution in [0.25, 0.3) is 116 Å². The van der Waals surface area contributed by atoms with Crippen LogP contribution in [0.1, 0.15) is 0 Å². The smallest absolute Gasteiger partial charge is 0.153 e. The van der Waals surface area contributed by atoms with E-state index in [1.165, 1.54) is 21.5 Å². The van der Waals surface area contributed by atoms with E-state index in [-0.39, 0.29) is 0 Å². The van der Waals surface area contributed by atoms with Gasteiger partial charge in [0.2, 0.25) is 0 Å². The predicted molar refractivity (Wildman–Crippen MR) is 246 cm³/mol. The van der Waals surface area contributed by atoms with Crippen LogP contribution in [-0.4, -0.2) is 23.7 Å². The van der Waals surface area contributed by atoms with Crippen molar-refractivity contribution < 1.29 is 4.42 Å². The highest BCUT2D eigenvalue weighted by atomic mass is 16.3. The van der Waals surface area contributed by atoms with Gasteiger partial charge in [0.05, 0.1) is 33.1 Å². The van der Waals surface area contributed by atoms with Crippen LogP contribution in [0, 0.1) is 0 Å². The number of hydrogen-bond donors (Lipinski definition) is 0. The quantitative estimate of drug-likeness (QED) is 0.175. The molecule has 6 nitrogen and oxygen atoms in total. The summed E-state index contributed by atoms with van der Waals surface area (Å²) < 4.78 is 13.2. The molecule has 0 spiro atoms. The van der Waals surface area contributed by atoms with Crippen molar-refractivity contribution in [3.8, 4) is 39.6 Å². The molecular formula is C54H33N5O. The number of nitrogens with zero attached hydrogens (tertiary/aromatic N) is 5. The van der Waals surface area contributed by atoms with E-state index in [1.807, 2.05) is 24.4 Å². The third-order valence-electron chi connectivity index (χ3n) is 12.1. The van der Waals surface area contributed by atoms with E-state index < -0.39 is 0 Å². The van der Waals surface area contributed by atoms with Gasteiger partial charge in [0, 0.05) is 55.8 Å². The number of benzene rings is 8. The molecule has 60 heavy (non-hydrogen) atoms. The molecule has 0 aliphatic heterocycles. The van der Waals surface area contributed by atoms with Gasteiger partial charge in [-0.15, -0.1) is 0 Å². The van der Waals surface area contributed by atoms with Gasteiger partial charge in [-0.05, 0) is 102 Å². The molecular weight excluding hydrogens is 735 g/mol. The molecule has 0 unspecified atom stereocenters. The number of aromatic nitrogens is 5. The third-order valence-corrected chi connectivity index (χ3v) is 12.1. The highest BCUT2D eigenvalue weighted by Crippen LogP contribution is 2.40. The van der Waals surface area contributed by atoms with Crippen LogP contribution < -0.4 is 0 Å². The molecule has 0 bridgehead atoms. The molecule has 0 amide bonds. The zero-order valence-electron chi connectivity index (χ0n) is 32.2. The summed E-state index contributed by atoms with van der Waals surface area (Å²) in [5.74, 6) is 0.921. The standard InChI is InChI=1S/C54H33N5O/c1-3-12-34(13-4-1)54-56-45-26-23-39(33-50(45)59(54)37-14-5-2-6-15-37)57-47-19-10-8-17-41(47)43-30-35(22-27-48(43)57)36-21-25-42-40-16-7-9-18-46(40)58(49(42)31-36)38-24-28-51-44(32-38)53-52(60-51)20-11-29-55-53/h1-33H. The van der Waals surface area contributed by atoms with E-state index in [0.717, 1.165) is 94.7 Å². The van der Waals surface area contributed by atoms with Crippen LogP contribution in [0.15, 0.2) is 205 Å². The molecule has 280 valence electrons. The molecule has 0 saturated heterocycles. The van der Waals surface area contributed by atoms with E-state index in [4.69, 9.17) is 9.40 Å². The van der Waals surface area contributed by atoms with Gasteiger partial charge in [0.1, 0.15) is 16.9 Å². The molecule has 0 radical (unpaired) electrons. The second-order valence-corrected chi connectivity index (χ2v) is 15.4. The Hall–Kier alpha value is -8.22. The summed E-state index contributed by atoms with van der Waals surface area (Å²) in [5.41, 5.74) is 15.7. The van der Waals surface area contributed by atoms with Gasteiger partial charge in [-0.25, -0.2) is 4.98 Å². The Morgan fingerprint density at radius 1 is 0.350 bits per heavy atom. The fourth-order valence-electron chi connectivity index (χ4n) is 9.41. The number of rotatable bonds is 5.